The Labute approximate surface area is 126 Å². The number of likely N-dealkylation sites (tertiary alicyclic amines) is 1. The van der Waals surface area contributed by atoms with Gasteiger partial charge >= 0.3 is 6.09 Å². The van der Waals surface area contributed by atoms with Crippen LogP contribution in [0.2, 0.25) is 0 Å². The number of nitrogens with zero attached hydrogens (tertiary/aromatic N) is 1. The minimum atomic E-state index is -0.535. The van der Waals surface area contributed by atoms with E-state index in [0.29, 0.717) is 13.0 Å². The SMILES string of the molecule is CC(C)(C)OC(=O)N1CCC[C@@H]1C(=O)Cc1ccccc1. The van der Waals surface area contributed by atoms with Gasteiger partial charge in [0.2, 0.25) is 0 Å². The Hall–Kier alpha value is -1.84. The maximum Gasteiger partial charge on any atom is 0.410 e. The molecule has 0 aromatic heterocycles. The molecule has 2 rings (SSSR count). The molecule has 1 aromatic carbocycles. The lowest BCUT2D eigenvalue weighted by molar-refractivity contribution is -0.122. The van der Waals surface area contributed by atoms with Gasteiger partial charge in [-0.05, 0) is 39.2 Å². The summed E-state index contributed by atoms with van der Waals surface area (Å²) in [7, 11) is 0. The fourth-order valence-electron chi connectivity index (χ4n) is 2.56. The summed E-state index contributed by atoms with van der Waals surface area (Å²) < 4.78 is 5.39. The Bertz CT molecular complexity index is 505. The first-order valence-corrected chi connectivity index (χ1v) is 7.43. The first-order valence-electron chi connectivity index (χ1n) is 7.43. The van der Waals surface area contributed by atoms with Gasteiger partial charge in [-0.1, -0.05) is 30.3 Å². The van der Waals surface area contributed by atoms with Crippen molar-refractivity contribution >= 4 is 11.9 Å². The molecule has 0 spiro atoms. The van der Waals surface area contributed by atoms with Crippen LogP contribution >= 0.6 is 0 Å². The number of Topliss-reactive ketones (excluding diaryl/α,β-unsaturated/α-hetero) is 1. The zero-order chi connectivity index (χ0) is 15.5. The molecule has 1 aliphatic heterocycles. The molecule has 1 aromatic rings. The largest absolute Gasteiger partial charge is 0.444 e. The smallest absolute Gasteiger partial charge is 0.410 e. The van der Waals surface area contributed by atoms with Gasteiger partial charge in [0.15, 0.2) is 5.78 Å². The average Bonchev–Trinajstić information content (AvgIpc) is 2.87. The van der Waals surface area contributed by atoms with Gasteiger partial charge < -0.3 is 4.74 Å². The lowest BCUT2D eigenvalue weighted by Gasteiger charge is -2.28. The van der Waals surface area contributed by atoms with Crippen LogP contribution in [0.3, 0.4) is 0 Å². The highest BCUT2D eigenvalue weighted by Gasteiger charge is 2.36. The molecule has 1 aliphatic rings. The van der Waals surface area contributed by atoms with Crippen molar-refractivity contribution in [3.05, 3.63) is 35.9 Å². The normalized spacial score (nSPS) is 18.6. The summed E-state index contributed by atoms with van der Waals surface area (Å²) in [6.45, 7) is 6.10. The molecule has 4 heteroatoms. The first kappa shape index (κ1) is 15.5. The lowest BCUT2D eigenvalue weighted by atomic mass is 10.0. The summed E-state index contributed by atoms with van der Waals surface area (Å²) >= 11 is 0. The van der Waals surface area contributed by atoms with Crippen LogP contribution in [0.5, 0.6) is 0 Å². The molecule has 0 radical (unpaired) electrons. The minimum Gasteiger partial charge on any atom is -0.444 e. The van der Waals surface area contributed by atoms with Gasteiger partial charge in [0.1, 0.15) is 5.60 Å². The van der Waals surface area contributed by atoms with Crippen LogP contribution in [0.4, 0.5) is 4.79 Å². The van der Waals surface area contributed by atoms with E-state index in [1.54, 1.807) is 4.90 Å². The molecule has 0 bridgehead atoms. The second-order valence-electron chi connectivity index (χ2n) is 6.46. The molecule has 4 nitrogen and oxygen atoms in total. The first-order chi connectivity index (χ1) is 9.87. The fraction of sp³-hybridized carbons (Fsp3) is 0.529. The maximum atomic E-state index is 12.4. The van der Waals surface area contributed by atoms with Crippen LogP contribution in [0.25, 0.3) is 0 Å². The predicted molar refractivity (Wildman–Crippen MR) is 81.1 cm³/mol. The number of ether oxygens (including phenoxy) is 1. The van der Waals surface area contributed by atoms with Crippen LogP contribution in [0.15, 0.2) is 30.3 Å². The van der Waals surface area contributed by atoms with E-state index in [1.807, 2.05) is 51.1 Å². The van der Waals surface area contributed by atoms with Gasteiger partial charge in [0, 0.05) is 13.0 Å². The van der Waals surface area contributed by atoms with Crippen molar-refractivity contribution in [3.8, 4) is 0 Å². The molecule has 0 aliphatic carbocycles. The number of benzene rings is 1. The standard InChI is InChI=1S/C17H23NO3/c1-17(2,3)21-16(20)18-11-7-10-14(18)15(19)12-13-8-5-4-6-9-13/h4-6,8-9,14H,7,10-12H2,1-3H3/t14-/m1/s1. The van der Waals surface area contributed by atoms with Crippen LogP contribution in [0, 0.1) is 0 Å². The van der Waals surface area contributed by atoms with E-state index in [1.165, 1.54) is 0 Å². The highest BCUT2D eigenvalue weighted by Crippen LogP contribution is 2.22. The number of amides is 1. The van der Waals surface area contributed by atoms with E-state index in [0.717, 1.165) is 18.4 Å². The second-order valence-corrected chi connectivity index (χ2v) is 6.46. The number of ketones is 1. The van der Waals surface area contributed by atoms with Crippen molar-refractivity contribution in [2.45, 2.75) is 51.7 Å². The van der Waals surface area contributed by atoms with E-state index in [9.17, 15) is 9.59 Å². The van der Waals surface area contributed by atoms with Gasteiger partial charge in [-0.3, -0.25) is 9.69 Å². The zero-order valence-electron chi connectivity index (χ0n) is 13.0. The van der Waals surface area contributed by atoms with Crippen molar-refractivity contribution in [1.82, 2.24) is 4.90 Å². The summed E-state index contributed by atoms with van der Waals surface area (Å²) in [4.78, 5) is 26.2. The van der Waals surface area contributed by atoms with Crippen LogP contribution in [-0.4, -0.2) is 35.0 Å². The fourth-order valence-corrected chi connectivity index (χ4v) is 2.56. The number of carbonyl (C=O) groups is 2. The number of hydrogen-bond acceptors (Lipinski definition) is 3. The number of hydrogen-bond donors (Lipinski definition) is 0. The Morgan fingerprint density at radius 3 is 2.52 bits per heavy atom. The van der Waals surface area contributed by atoms with Gasteiger partial charge in [0.25, 0.3) is 0 Å². The molecule has 1 saturated heterocycles. The van der Waals surface area contributed by atoms with E-state index in [4.69, 9.17) is 4.74 Å². The molecular formula is C17H23NO3. The van der Waals surface area contributed by atoms with E-state index < -0.39 is 5.60 Å². The van der Waals surface area contributed by atoms with Crippen molar-refractivity contribution in [2.75, 3.05) is 6.54 Å². The Balaban J connectivity index is 2.01. The molecule has 1 atom stereocenters. The Morgan fingerprint density at radius 2 is 1.90 bits per heavy atom. The summed E-state index contributed by atoms with van der Waals surface area (Å²) in [6, 6.07) is 9.29. The van der Waals surface area contributed by atoms with E-state index in [2.05, 4.69) is 0 Å². The van der Waals surface area contributed by atoms with Crippen molar-refractivity contribution in [3.63, 3.8) is 0 Å². The summed E-state index contributed by atoms with van der Waals surface area (Å²) in [5.74, 6) is 0.0876. The topological polar surface area (TPSA) is 46.6 Å². The van der Waals surface area contributed by atoms with E-state index >= 15 is 0 Å². The molecule has 0 saturated carbocycles. The number of carbonyl (C=O) groups excluding carboxylic acids is 2. The summed E-state index contributed by atoms with van der Waals surface area (Å²) in [5.41, 5.74) is 0.450. The quantitative estimate of drug-likeness (QED) is 0.858. The maximum absolute atomic E-state index is 12.4. The highest BCUT2D eigenvalue weighted by molar-refractivity contribution is 5.89. The van der Waals surface area contributed by atoms with Crippen molar-refractivity contribution in [1.29, 1.82) is 0 Å². The van der Waals surface area contributed by atoms with Gasteiger partial charge in [0.05, 0.1) is 6.04 Å². The second kappa shape index (κ2) is 6.29. The average molecular weight is 289 g/mol. The Kier molecular flexibility index (Phi) is 4.66. The molecule has 0 unspecified atom stereocenters. The van der Waals surface area contributed by atoms with Gasteiger partial charge in [-0.25, -0.2) is 4.79 Å². The molecule has 114 valence electrons. The third-order valence-electron chi connectivity index (χ3n) is 3.47. The van der Waals surface area contributed by atoms with E-state index in [-0.39, 0.29) is 17.9 Å². The van der Waals surface area contributed by atoms with Crippen LogP contribution in [-0.2, 0) is 16.0 Å². The molecule has 1 heterocycles. The Morgan fingerprint density at radius 1 is 1.24 bits per heavy atom. The molecule has 1 amide bonds. The minimum absolute atomic E-state index is 0.0876. The monoisotopic (exact) mass is 289 g/mol. The molecular weight excluding hydrogens is 266 g/mol. The van der Waals surface area contributed by atoms with Crippen molar-refractivity contribution < 1.29 is 14.3 Å². The summed E-state index contributed by atoms with van der Waals surface area (Å²) in [5, 5.41) is 0. The van der Waals surface area contributed by atoms with Gasteiger partial charge in [-0.15, -0.1) is 0 Å². The summed E-state index contributed by atoms with van der Waals surface area (Å²) in [6.07, 6.45) is 1.56. The van der Waals surface area contributed by atoms with Crippen molar-refractivity contribution in [2.24, 2.45) is 0 Å². The third-order valence-corrected chi connectivity index (χ3v) is 3.47. The zero-order valence-corrected chi connectivity index (χ0v) is 13.0. The molecule has 0 N–H and O–H groups in total. The molecule has 21 heavy (non-hydrogen) atoms. The van der Waals surface area contributed by atoms with Gasteiger partial charge in [-0.2, -0.15) is 0 Å². The third kappa shape index (κ3) is 4.31. The lowest BCUT2D eigenvalue weighted by Crippen LogP contribution is -2.43. The molecule has 1 fully saturated rings. The van der Waals surface area contributed by atoms with Crippen LogP contribution in [0.1, 0.15) is 39.2 Å². The number of rotatable bonds is 3. The predicted octanol–water partition coefficient (Wildman–Crippen LogP) is 3.20. The van der Waals surface area contributed by atoms with Crippen LogP contribution < -0.4 is 0 Å². The highest BCUT2D eigenvalue weighted by atomic mass is 16.6.